The highest BCUT2D eigenvalue weighted by molar-refractivity contribution is 7.99. The van der Waals surface area contributed by atoms with Crippen LogP contribution in [0.25, 0.3) is 0 Å². The van der Waals surface area contributed by atoms with Crippen molar-refractivity contribution in [2.45, 2.75) is 25.2 Å². The third-order valence-electron chi connectivity index (χ3n) is 5.99. The monoisotopic (exact) mass is 452 g/mol. The van der Waals surface area contributed by atoms with Gasteiger partial charge in [-0.1, -0.05) is 12.1 Å². The summed E-state index contributed by atoms with van der Waals surface area (Å²) in [6, 6.07) is 11.4. The first-order valence-electron chi connectivity index (χ1n) is 10.8. The SMILES string of the molecule is Cc1cccc(NC(=O)CN2CCN(C(=O)c3ccc4c(c3)NC(=O)CCS4)CC2)c1C. The van der Waals surface area contributed by atoms with Gasteiger partial charge < -0.3 is 15.5 Å². The Balaban J connectivity index is 1.31. The maximum absolute atomic E-state index is 13.0. The molecule has 2 aliphatic heterocycles. The van der Waals surface area contributed by atoms with E-state index in [2.05, 4.69) is 15.5 Å². The fourth-order valence-electron chi connectivity index (χ4n) is 3.92. The molecule has 0 spiro atoms. The molecule has 7 nitrogen and oxygen atoms in total. The Kier molecular flexibility index (Phi) is 6.81. The summed E-state index contributed by atoms with van der Waals surface area (Å²) in [4.78, 5) is 42.2. The number of hydrogen-bond donors (Lipinski definition) is 2. The predicted octanol–water partition coefficient (Wildman–Crippen LogP) is 3.13. The lowest BCUT2D eigenvalue weighted by atomic mass is 10.1. The predicted molar refractivity (Wildman–Crippen MR) is 127 cm³/mol. The molecule has 0 aliphatic carbocycles. The number of anilines is 2. The minimum Gasteiger partial charge on any atom is -0.336 e. The second kappa shape index (κ2) is 9.75. The minimum absolute atomic E-state index is 0.0198. The Morgan fingerprint density at radius 1 is 1.09 bits per heavy atom. The van der Waals surface area contributed by atoms with Gasteiger partial charge in [-0.2, -0.15) is 0 Å². The van der Waals surface area contributed by atoms with Crippen LogP contribution in [0.5, 0.6) is 0 Å². The maximum Gasteiger partial charge on any atom is 0.254 e. The summed E-state index contributed by atoms with van der Waals surface area (Å²) in [6.45, 7) is 6.74. The van der Waals surface area contributed by atoms with Gasteiger partial charge in [-0.05, 0) is 49.2 Å². The van der Waals surface area contributed by atoms with E-state index in [0.717, 1.165) is 27.5 Å². The highest BCUT2D eigenvalue weighted by atomic mass is 32.2. The highest BCUT2D eigenvalue weighted by Crippen LogP contribution is 2.31. The van der Waals surface area contributed by atoms with E-state index in [-0.39, 0.29) is 17.7 Å². The van der Waals surface area contributed by atoms with Gasteiger partial charge in [-0.15, -0.1) is 11.8 Å². The lowest BCUT2D eigenvalue weighted by molar-refractivity contribution is -0.118. The van der Waals surface area contributed by atoms with Crippen LogP contribution in [-0.2, 0) is 9.59 Å². The zero-order valence-corrected chi connectivity index (χ0v) is 19.3. The molecule has 2 aliphatic rings. The van der Waals surface area contributed by atoms with Crippen molar-refractivity contribution in [1.82, 2.24) is 9.80 Å². The molecule has 0 radical (unpaired) electrons. The smallest absolute Gasteiger partial charge is 0.254 e. The van der Waals surface area contributed by atoms with E-state index in [1.807, 2.05) is 49.1 Å². The largest absolute Gasteiger partial charge is 0.336 e. The molecule has 0 atom stereocenters. The number of thioether (sulfide) groups is 1. The van der Waals surface area contributed by atoms with Crippen LogP contribution in [0, 0.1) is 13.8 Å². The standard InChI is InChI=1S/C24H28N4O3S/c1-16-4-3-5-19(17(16)2)25-23(30)15-27-9-11-28(12-10-27)24(31)18-6-7-21-20(14-18)26-22(29)8-13-32-21/h3-7,14H,8-13,15H2,1-2H3,(H,25,30)(H,26,29). The lowest BCUT2D eigenvalue weighted by Crippen LogP contribution is -2.50. The summed E-state index contributed by atoms with van der Waals surface area (Å²) in [5.74, 6) is 0.632. The van der Waals surface area contributed by atoms with Gasteiger partial charge in [0.05, 0.1) is 12.2 Å². The first-order valence-corrected chi connectivity index (χ1v) is 11.8. The fourth-order valence-corrected chi connectivity index (χ4v) is 4.86. The number of rotatable bonds is 4. The quantitative estimate of drug-likeness (QED) is 0.745. The van der Waals surface area contributed by atoms with Crippen LogP contribution in [0.1, 0.15) is 27.9 Å². The molecule has 8 heteroatoms. The second-order valence-corrected chi connectivity index (χ2v) is 9.36. The Morgan fingerprint density at radius 2 is 1.88 bits per heavy atom. The van der Waals surface area contributed by atoms with Crippen molar-refractivity contribution < 1.29 is 14.4 Å². The Morgan fingerprint density at radius 3 is 2.66 bits per heavy atom. The maximum atomic E-state index is 13.0. The van der Waals surface area contributed by atoms with Gasteiger partial charge in [0.2, 0.25) is 11.8 Å². The van der Waals surface area contributed by atoms with Crippen LogP contribution < -0.4 is 10.6 Å². The van der Waals surface area contributed by atoms with Crippen molar-refractivity contribution in [3.05, 3.63) is 53.1 Å². The summed E-state index contributed by atoms with van der Waals surface area (Å²) in [5, 5.41) is 5.89. The van der Waals surface area contributed by atoms with Crippen LogP contribution in [0.15, 0.2) is 41.3 Å². The van der Waals surface area contributed by atoms with Crippen LogP contribution in [0.2, 0.25) is 0 Å². The number of fused-ring (bicyclic) bond motifs is 1. The van der Waals surface area contributed by atoms with Gasteiger partial charge >= 0.3 is 0 Å². The fraction of sp³-hybridized carbons (Fsp3) is 0.375. The average Bonchev–Trinajstić information content (AvgIpc) is 2.96. The zero-order chi connectivity index (χ0) is 22.7. The molecule has 3 amide bonds. The molecule has 32 heavy (non-hydrogen) atoms. The minimum atomic E-state index is -0.0456. The number of carbonyl (C=O) groups excluding carboxylic acids is 3. The molecule has 0 aromatic heterocycles. The first kappa shape index (κ1) is 22.4. The van der Waals surface area contributed by atoms with E-state index in [1.165, 1.54) is 0 Å². The number of carbonyl (C=O) groups is 3. The number of aryl methyl sites for hydroxylation is 1. The van der Waals surface area contributed by atoms with Crippen LogP contribution in [0.4, 0.5) is 11.4 Å². The lowest BCUT2D eigenvalue weighted by Gasteiger charge is -2.34. The third-order valence-corrected chi connectivity index (χ3v) is 7.07. The van der Waals surface area contributed by atoms with Gasteiger partial charge in [-0.25, -0.2) is 0 Å². The van der Waals surface area contributed by atoms with Gasteiger partial charge in [0.1, 0.15) is 0 Å². The number of benzene rings is 2. The van der Waals surface area contributed by atoms with E-state index in [4.69, 9.17) is 0 Å². The van der Waals surface area contributed by atoms with Crippen molar-refractivity contribution in [2.75, 3.05) is 49.1 Å². The Hall–Kier alpha value is -2.84. The molecule has 0 unspecified atom stereocenters. The molecule has 168 valence electrons. The number of nitrogens with one attached hydrogen (secondary N) is 2. The van der Waals surface area contributed by atoms with Crippen molar-refractivity contribution in [3.63, 3.8) is 0 Å². The number of amides is 3. The summed E-state index contributed by atoms with van der Waals surface area (Å²) < 4.78 is 0. The van der Waals surface area contributed by atoms with Gasteiger partial charge in [0, 0.05) is 54.5 Å². The molecule has 4 rings (SSSR count). The average molecular weight is 453 g/mol. The zero-order valence-electron chi connectivity index (χ0n) is 18.4. The number of piperazine rings is 1. The number of nitrogens with zero attached hydrogens (tertiary/aromatic N) is 2. The van der Waals surface area contributed by atoms with E-state index >= 15 is 0 Å². The molecular weight excluding hydrogens is 424 g/mol. The van der Waals surface area contributed by atoms with Crippen LogP contribution >= 0.6 is 11.8 Å². The molecule has 2 N–H and O–H groups in total. The Labute approximate surface area is 192 Å². The van der Waals surface area contributed by atoms with Gasteiger partial charge in [0.15, 0.2) is 0 Å². The summed E-state index contributed by atoms with van der Waals surface area (Å²) in [6.07, 6.45) is 0.474. The number of hydrogen-bond acceptors (Lipinski definition) is 5. The van der Waals surface area contributed by atoms with Crippen molar-refractivity contribution in [2.24, 2.45) is 0 Å². The molecule has 2 aromatic carbocycles. The summed E-state index contributed by atoms with van der Waals surface area (Å²) in [7, 11) is 0. The summed E-state index contributed by atoms with van der Waals surface area (Å²) >= 11 is 1.62. The van der Waals surface area contributed by atoms with Gasteiger partial charge in [-0.3, -0.25) is 19.3 Å². The molecule has 1 saturated heterocycles. The third kappa shape index (κ3) is 5.14. The van der Waals surface area contributed by atoms with E-state index < -0.39 is 0 Å². The second-order valence-electron chi connectivity index (χ2n) is 8.22. The first-order chi connectivity index (χ1) is 15.4. The molecule has 2 heterocycles. The van der Waals surface area contributed by atoms with E-state index in [9.17, 15) is 14.4 Å². The van der Waals surface area contributed by atoms with E-state index in [0.29, 0.717) is 50.4 Å². The topological polar surface area (TPSA) is 81.8 Å². The molecule has 0 saturated carbocycles. The van der Waals surface area contributed by atoms with Crippen molar-refractivity contribution in [1.29, 1.82) is 0 Å². The van der Waals surface area contributed by atoms with E-state index in [1.54, 1.807) is 17.8 Å². The normalized spacial score (nSPS) is 16.7. The van der Waals surface area contributed by atoms with Crippen LogP contribution in [-0.4, -0.2) is 66.0 Å². The molecule has 2 aromatic rings. The molecule has 1 fully saturated rings. The van der Waals surface area contributed by atoms with Crippen molar-refractivity contribution in [3.8, 4) is 0 Å². The van der Waals surface area contributed by atoms with Crippen LogP contribution in [0.3, 0.4) is 0 Å². The van der Waals surface area contributed by atoms with Crippen molar-refractivity contribution >= 4 is 40.9 Å². The highest BCUT2D eigenvalue weighted by Gasteiger charge is 2.24. The molecule has 0 bridgehead atoms. The Bertz CT molecular complexity index is 1050. The summed E-state index contributed by atoms with van der Waals surface area (Å²) in [5.41, 5.74) is 4.35. The van der Waals surface area contributed by atoms with Gasteiger partial charge in [0.25, 0.3) is 5.91 Å². The molecular formula is C24H28N4O3S.